The molecule has 0 aromatic heterocycles. The Kier molecular flexibility index (Phi) is 8.07. The van der Waals surface area contributed by atoms with Crippen LogP contribution in [0.3, 0.4) is 0 Å². The zero-order valence-corrected chi connectivity index (χ0v) is 18.8. The van der Waals surface area contributed by atoms with Gasteiger partial charge in [0.25, 0.3) is 0 Å². The number of hydrogen-bond donors (Lipinski definition) is 1. The largest absolute Gasteiger partial charge is 0.378 e. The number of piperidine rings is 1. The van der Waals surface area contributed by atoms with E-state index in [-0.39, 0.29) is 23.3 Å². The lowest BCUT2D eigenvalue weighted by atomic mass is 9.69. The van der Waals surface area contributed by atoms with Gasteiger partial charge in [0.15, 0.2) is 5.78 Å². The Balaban J connectivity index is 2.18. The smallest absolute Gasteiger partial charge is 0.318 e. The molecule has 2 saturated heterocycles. The van der Waals surface area contributed by atoms with Gasteiger partial charge in [0.2, 0.25) is 0 Å². The number of Topliss-reactive ketones (excluding diaryl/α,β-unsaturated/α-hetero) is 1. The van der Waals surface area contributed by atoms with Gasteiger partial charge >= 0.3 is 6.03 Å². The number of nitriles is 1. The maximum Gasteiger partial charge on any atom is 0.318 e. The molecule has 7 heteroatoms. The van der Waals surface area contributed by atoms with Gasteiger partial charge in [-0.1, -0.05) is 27.7 Å². The second-order valence-electron chi connectivity index (χ2n) is 9.76. The molecule has 0 aromatic rings. The van der Waals surface area contributed by atoms with E-state index in [1.165, 1.54) is 0 Å². The lowest BCUT2D eigenvalue weighted by Crippen LogP contribution is -2.57. The molecule has 3 unspecified atom stereocenters. The summed E-state index contributed by atoms with van der Waals surface area (Å²) in [6, 6.07) is 1.65. The topological polar surface area (TPSA) is 85.7 Å². The second-order valence-corrected chi connectivity index (χ2v) is 9.76. The minimum Gasteiger partial charge on any atom is -0.378 e. The van der Waals surface area contributed by atoms with Crippen molar-refractivity contribution in [3.05, 3.63) is 0 Å². The van der Waals surface area contributed by atoms with Crippen LogP contribution in [0.15, 0.2) is 0 Å². The number of likely N-dealkylation sites (tertiary alicyclic amines) is 1. The first kappa shape index (κ1) is 23.6. The summed E-state index contributed by atoms with van der Waals surface area (Å²) in [6.07, 6.45) is 2.62. The van der Waals surface area contributed by atoms with E-state index in [0.29, 0.717) is 45.6 Å². The number of rotatable bonds is 6. The van der Waals surface area contributed by atoms with Gasteiger partial charge in [-0.15, -0.1) is 0 Å². The fourth-order valence-electron chi connectivity index (χ4n) is 4.45. The summed E-state index contributed by atoms with van der Waals surface area (Å²) >= 11 is 0. The van der Waals surface area contributed by atoms with Crippen LogP contribution in [-0.4, -0.2) is 73.1 Å². The lowest BCUT2D eigenvalue weighted by Gasteiger charge is -2.43. The Morgan fingerprint density at radius 3 is 2.45 bits per heavy atom. The van der Waals surface area contributed by atoms with Gasteiger partial charge in [-0.3, -0.25) is 4.79 Å². The predicted molar refractivity (Wildman–Crippen MR) is 112 cm³/mol. The van der Waals surface area contributed by atoms with E-state index in [1.807, 2.05) is 0 Å². The van der Waals surface area contributed by atoms with Crippen molar-refractivity contribution in [1.82, 2.24) is 15.1 Å². The molecule has 2 aliphatic rings. The molecule has 29 heavy (non-hydrogen) atoms. The fourth-order valence-corrected chi connectivity index (χ4v) is 4.45. The minimum atomic E-state index is -1.03. The van der Waals surface area contributed by atoms with E-state index >= 15 is 0 Å². The van der Waals surface area contributed by atoms with Crippen LogP contribution in [0, 0.1) is 22.2 Å². The number of nitrogens with one attached hydrogen (secondary N) is 1. The van der Waals surface area contributed by atoms with Crippen molar-refractivity contribution >= 4 is 11.8 Å². The Hall–Kier alpha value is -1.65. The number of carbonyl (C=O) groups excluding carboxylic acids is 2. The molecule has 2 heterocycles. The van der Waals surface area contributed by atoms with Crippen molar-refractivity contribution in [3.63, 3.8) is 0 Å². The van der Waals surface area contributed by atoms with Crippen LogP contribution in [0.1, 0.15) is 60.3 Å². The fraction of sp³-hybridized carbons (Fsp3) is 0.864. The maximum atomic E-state index is 13.7. The summed E-state index contributed by atoms with van der Waals surface area (Å²) in [5.74, 6) is -0.125. The van der Waals surface area contributed by atoms with Crippen LogP contribution < -0.4 is 5.32 Å². The molecule has 2 rings (SSSR count). The van der Waals surface area contributed by atoms with Crippen molar-refractivity contribution < 1.29 is 14.3 Å². The van der Waals surface area contributed by atoms with Crippen LogP contribution >= 0.6 is 0 Å². The molecule has 3 atom stereocenters. The molecule has 2 fully saturated rings. The summed E-state index contributed by atoms with van der Waals surface area (Å²) < 4.78 is 5.32. The molecule has 2 amide bonds. The van der Waals surface area contributed by atoms with Crippen molar-refractivity contribution in [2.45, 2.75) is 72.4 Å². The number of morpholine rings is 1. The van der Waals surface area contributed by atoms with Crippen LogP contribution in [-0.2, 0) is 9.53 Å². The van der Waals surface area contributed by atoms with Crippen molar-refractivity contribution in [2.24, 2.45) is 10.8 Å². The van der Waals surface area contributed by atoms with E-state index in [0.717, 1.165) is 19.5 Å². The molecule has 0 spiro atoms. The summed E-state index contributed by atoms with van der Waals surface area (Å²) in [7, 11) is 0. The third-order valence-corrected chi connectivity index (χ3v) is 6.02. The van der Waals surface area contributed by atoms with E-state index in [4.69, 9.17) is 4.74 Å². The van der Waals surface area contributed by atoms with Crippen LogP contribution in [0.4, 0.5) is 4.79 Å². The average molecular weight is 407 g/mol. The van der Waals surface area contributed by atoms with E-state index in [1.54, 1.807) is 4.90 Å². The third-order valence-electron chi connectivity index (χ3n) is 6.02. The van der Waals surface area contributed by atoms with Crippen LogP contribution in [0.25, 0.3) is 0 Å². The molecule has 0 saturated carbocycles. The normalized spacial score (nSPS) is 27.2. The summed E-state index contributed by atoms with van der Waals surface area (Å²) in [5.41, 5.74) is -1.18. The Labute approximate surface area is 175 Å². The van der Waals surface area contributed by atoms with Gasteiger partial charge in [0, 0.05) is 25.7 Å². The van der Waals surface area contributed by atoms with Crippen molar-refractivity contribution in [2.75, 3.05) is 39.4 Å². The van der Waals surface area contributed by atoms with E-state index in [9.17, 15) is 14.9 Å². The molecular weight excluding hydrogens is 368 g/mol. The number of urea groups is 1. The average Bonchev–Trinajstić information content (AvgIpc) is 2.68. The number of carbonyl (C=O) groups is 2. The van der Waals surface area contributed by atoms with E-state index < -0.39 is 11.5 Å². The standard InChI is InChI=1S/C22H38N4O3/c1-6-8-25-9-7-22(16-23,14-17(25)2)19(27)18(15-21(3,4)5)24-20(28)26-10-12-29-13-11-26/h17-18H,6-15H2,1-5H3,(H,24,28). The molecule has 0 bridgehead atoms. The second kappa shape index (κ2) is 9.90. The van der Waals surface area contributed by atoms with Gasteiger partial charge in [0.05, 0.1) is 25.3 Å². The molecular formula is C22H38N4O3. The highest BCUT2D eigenvalue weighted by molar-refractivity contribution is 5.95. The quantitative estimate of drug-likeness (QED) is 0.733. The third kappa shape index (κ3) is 6.16. The first-order valence-corrected chi connectivity index (χ1v) is 10.9. The zero-order chi connectivity index (χ0) is 21.7. The highest BCUT2D eigenvalue weighted by atomic mass is 16.5. The zero-order valence-electron chi connectivity index (χ0n) is 18.8. The first-order chi connectivity index (χ1) is 13.6. The molecule has 2 aliphatic heterocycles. The van der Waals surface area contributed by atoms with Gasteiger partial charge in [-0.25, -0.2) is 4.79 Å². The molecule has 7 nitrogen and oxygen atoms in total. The minimum absolute atomic E-state index is 0.125. The number of nitrogens with zero attached hydrogens (tertiary/aromatic N) is 3. The van der Waals surface area contributed by atoms with Gasteiger partial charge < -0.3 is 19.9 Å². The number of amides is 2. The lowest BCUT2D eigenvalue weighted by molar-refractivity contribution is -0.131. The Morgan fingerprint density at radius 2 is 1.93 bits per heavy atom. The molecule has 0 aliphatic carbocycles. The number of ketones is 1. The molecule has 0 aromatic carbocycles. The van der Waals surface area contributed by atoms with Crippen molar-refractivity contribution in [1.29, 1.82) is 5.26 Å². The van der Waals surface area contributed by atoms with Crippen molar-refractivity contribution in [3.8, 4) is 6.07 Å². The predicted octanol–water partition coefficient (Wildman–Crippen LogP) is 2.81. The highest BCUT2D eigenvalue weighted by Gasteiger charge is 2.48. The summed E-state index contributed by atoms with van der Waals surface area (Å²) in [4.78, 5) is 30.5. The van der Waals surface area contributed by atoms with E-state index in [2.05, 4.69) is 50.9 Å². The number of hydrogen-bond acceptors (Lipinski definition) is 5. The Morgan fingerprint density at radius 1 is 1.28 bits per heavy atom. The molecule has 0 radical (unpaired) electrons. The first-order valence-electron chi connectivity index (χ1n) is 10.9. The van der Waals surface area contributed by atoms with Gasteiger partial charge in [0.1, 0.15) is 5.41 Å². The molecule has 164 valence electrons. The van der Waals surface area contributed by atoms with Gasteiger partial charge in [-0.05, 0) is 44.6 Å². The Bertz CT molecular complexity index is 619. The summed E-state index contributed by atoms with van der Waals surface area (Å²) in [6.45, 7) is 14.2. The highest BCUT2D eigenvalue weighted by Crippen LogP contribution is 2.38. The number of ether oxygens (including phenoxy) is 1. The van der Waals surface area contributed by atoms with Crippen LogP contribution in [0.2, 0.25) is 0 Å². The van der Waals surface area contributed by atoms with Gasteiger partial charge in [-0.2, -0.15) is 5.26 Å². The summed E-state index contributed by atoms with van der Waals surface area (Å²) in [5, 5.41) is 13.0. The SMILES string of the molecule is CCCN1CCC(C#N)(C(=O)C(CC(C)(C)C)NC(=O)N2CCOCC2)CC1C. The maximum absolute atomic E-state index is 13.7. The van der Waals surface area contributed by atoms with Crippen LogP contribution in [0.5, 0.6) is 0 Å². The molecule has 1 N–H and O–H groups in total. The monoisotopic (exact) mass is 406 g/mol.